The third kappa shape index (κ3) is 7.41. The predicted molar refractivity (Wildman–Crippen MR) is 115 cm³/mol. The molecule has 0 spiro atoms. The molecule has 8 heteroatoms. The quantitative estimate of drug-likeness (QED) is 0.266. The highest BCUT2D eigenvalue weighted by atomic mass is 32.1. The van der Waals surface area contributed by atoms with Gasteiger partial charge >= 0.3 is 0 Å². The summed E-state index contributed by atoms with van der Waals surface area (Å²) in [6, 6.07) is 1.94. The number of unbranched alkanes of at least 4 members (excludes halogenated alkanes) is 1. The van der Waals surface area contributed by atoms with Crippen molar-refractivity contribution in [2.24, 2.45) is 16.6 Å². The van der Waals surface area contributed by atoms with Gasteiger partial charge in [0.15, 0.2) is 5.96 Å². The van der Waals surface area contributed by atoms with E-state index in [0.717, 1.165) is 69.9 Å². The first kappa shape index (κ1) is 22.6. The summed E-state index contributed by atoms with van der Waals surface area (Å²) in [5, 5.41) is 21.1. The molecule has 1 saturated heterocycles. The molecule has 0 saturated carbocycles. The van der Waals surface area contributed by atoms with Gasteiger partial charge in [0, 0.05) is 19.0 Å². The Hall–Kier alpha value is -1.64. The molecule has 5 N–H and O–H groups in total. The molecule has 1 aromatic heterocycles. The molecule has 1 atom stereocenters. The summed E-state index contributed by atoms with van der Waals surface area (Å²) in [7, 11) is 0. The van der Waals surface area contributed by atoms with Crippen LogP contribution < -0.4 is 16.4 Å². The summed E-state index contributed by atoms with van der Waals surface area (Å²) < 4.78 is 0. The van der Waals surface area contributed by atoms with E-state index in [-0.39, 0.29) is 11.8 Å². The summed E-state index contributed by atoms with van der Waals surface area (Å²) in [5.74, 6) is 0.639. The van der Waals surface area contributed by atoms with Crippen LogP contribution in [0.5, 0.6) is 0 Å². The van der Waals surface area contributed by atoms with Crippen molar-refractivity contribution in [3.63, 3.8) is 0 Å². The van der Waals surface area contributed by atoms with Crippen LogP contribution in [-0.4, -0.2) is 61.1 Å². The molecule has 7 nitrogen and oxygen atoms in total. The standard InChI is InChI=1S/C20H35N5O2S/c1-3-22-19(24-15-20(2,27)17-8-13-28-14-17)23-9-4-5-10-25-11-6-16(7-12-25)18(21)26/h8,13-14,16,27H,3-7,9-12,15H2,1-2H3,(H2,21,26)(H2,22,23,24). The molecule has 1 unspecified atom stereocenters. The van der Waals surface area contributed by atoms with Gasteiger partial charge in [-0.25, -0.2) is 4.99 Å². The molecule has 1 aromatic rings. The Bertz CT molecular complexity index is 610. The third-order valence-corrected chi connectivity index (χ3v) is 5.90. The molecule has 2 rings (SSSR count). The van der Waals surface area contributed by atoms with Crippen molar-refractivity contribution >= 4 is 23.2 Å². The van der Waals surface area contributed by atoms with Gasteiger partial charge in [-0.15, -0.1) is 0 Å². The maximum atomic E-state index is 11.2. The van der Waals surface area contributed by atoms with E-state index in [1.165, 1.54) is 0 Å². The predicted octanol–water partition coefficient (Wildman–Crippen LogP) is 1.49. The van der Waals surface area contributed by atoms with Gasteiger partial charge in [-0.05, 0) is 81.6 Å². The molecule has 1 amide bonds. The number of hydrogen-bond donors (Lipinski definition) is 4. The molecule has 158 valence electrons. The second-order valence-corrected chi connectivity index (χ2v) is 8.41. The van der Waals surface area contributed by atoms with Crippen LogP contribution in [0.25, 0.3) is 0 Å². The minimum Gasteiger partial charge on any atom is -0.383 e. The number of nitrogens with one attached hydrogen (secondary N) is 2. The van der Waals surface area contributed by atoms with E-state index in [2.05, 4.69) is 20.5 Å². The molecule has 0 aliphatic carbocycles. The lowest BCUT2D eigenvalue weighted by atomic mass is 9.96. The van der Waals surface area contributed by atoms with Gasteiger partial charge in [-0.3, -0.25) is 4.79 Å². The Labute approximate surface area is 172 Å². The topological polar surface area (TPSA) is 103 Å². The Kier molecular flexibility index (Phi) is 9.21. The molecule has 0 bridgehead atoms. The van der Waals surface area contributed by atoms with Gasteiger partial charge in [0.25, 0.3) is 0 Å². The first-order chi connectivity index (χ1) is 13.4. The Morgan fingerprint density at radius 3 is 2.75 bits per heavy atom. The van der Waals surface area contributed by atoms with E-state index >= 15 is 0 Å². The number of carbonyl (C=O) groups is 1. The van der Waals surface area contributed by atoms with Crippen molar-refractivity contribution in [1.29, 1.82) is 0 Å². The molecule has 2 heterocycles. The summed E-state index contributed by atoms with van der Waals surface area (Å²) in [6.07, 6.45) is 3.91. The Morgan fingerprint density at radius 1 is 1.39 bits per heavy atom. The highest BCUT2D eigenvalue weighted by Gasteiger charge is 2.24. The number of aliphatic hydroxyl groups is 1. The zero-order chi connectivity index (χ0) is 20.4. The second-order valence-electron chi connectivity index (χ2n) is 7.63. The van der Waals surface area contributed by atoms with E-state index < -0.39 is 5.60 Å². The van der Waals surface area contributed by atoms with Crippen LogP contribution in [0.15, 0.2) is 21.8 Å². The van der Waals surface area contributed by atoms with Gasteiger partial charge in [-0.1, -0.05) is 0 Å². The fraction of sp³-hybridized carbons (Fsp3) is 0.700. The minimum absolute atomic E-state index is 0.0584. The normalized spacial score (nSPS) is 18.6. The van der Waals surface area contributed by atoms with Crippen molar-refractivity contribution in [1.82, 2.24) is 15.5 Å². The SMILES string of the molecule is CCNC(=NCC(C)(O)c1ccsc1)NCCCCN1CCC(C(N)=O)CC1. The van der Waals surface area contributed by atoms with E-state index in [1.54, 1.807) is 18.3 Å². The number of rotatable bonds is 10. The lowest BCUT2D eigenvalue weighted by molar-refractivity contribution is -0.123. The highest BCUT2D eigenvalue weighted by Crippen LogP contribution is 2.23. The molecule has 28 heavy (non-hydrogen) atoms. The Morgan fingerprint density at radius 2 is 2.14 bits per heavy atom. The molecule has 1 fully saturated rings. The summed E-state index contributed by atoms with van der Waals surface area (Å²) >= 11 is 1.58. The van der Waals surface area contributed by atoms with Crippen molar-refractivity contribution in [2.75, 3.05) is 39.3 Å². The molecule has 1 aliphatic rings. The second kappa shape index (κ2) is 11.4. The van der Waals surface area contributed by atoms with E-state index in [4.69, 9.17) is 5.73 Å². The maximum absolute atomic E-state index is 11.2. The molecular weight excluding hydrogens is 374 g/mol. The monoisotopic (exact) mass is 409 g/mol. The number of primary amides is 1. The summed E-state index contributed by atoms with van der Waals surface area (Å²) in [6.45, 7) is 8.73. The number of guanidine groups is 1. The third-order valence-electron chi connectivity index (χ3n) is 5.22. The smallest absolute Gasteiger partial charge is 0.220 e. The number of amides is 1. The lowest BCUT2D eigenvalue weighted by Crippen LogP contribution is -2.40. The average molecular weight is 410 g/mol. The number of aliphatic imine (C=N–C) groups is 1. The molecule has 0 radical (unpaired) electrons. The Balaban J connectivity index is 1.67. The maximum Gasteiger partial charge on any atom is 0.220 e. The number of thiophene rings is 1. The number of piperidine rings is 1. The fourth-order valence-electron chi connectivity index (χ4n) is 3.35. The van der Waals surface area contributed by atoms with E-state index in [0.29, 0.717) is 6.54 Å². The summed E-state index contributed by atoms with van der Waals surface area (Å²) in [4.78, 5) is 18.2. The fourth-order valence-corrected chi connectivity index (χ4v) is 4.13. The van der Waals surface area contributed by atoms with Crippen LogP contribution in [0.3, 0.4) is 0 Å². The summed E-state index contributed by atoms with van der Waals surface area (Å²) in [5.41, 5.74) is 5.33. The highest BCUT2D eigenvalue weighted by molar-refractivity contribution is 7.08. The van der Waals surface area contributed by atoms with Gasteiger partial charge in [0.2, 0.25) is 5.91 Å². The van der Waals surface area contributed by atoms with Gasteiger partial charge in [0.1, 0.15) is 5.60 Å². The first-order valence-electron chi connectivity index (χ1n) is 10.2. The van der Waals surface area contributed by atoms with Gasteiger partial charge < -0.3 is 26.4 Å². The van der Waals surface area contributed by atoms with E-state index in [9.17, 15) is 9.90 Å². The number of hydrogen-bond acceptors (Lipinski definition) is 5. The van der Waals surface area contributed by atoms with Crippen LogP contribution >= 0.6 is 11.3 Å². The van der Waals surface area contributed by atoms with Crippen LogP contribution in [0, 0.1) is 5.92 Å². The number of nitrogens with two attached hydrogens (primary N) is 1. The van der Waals surface area contributed by atoms with Crippen molar-refractivity contribution < 1.29 is 9.90 Å². The van der Waals surface area contributed by atoms with E-state index in [1.807, 2.05) is 23.8 Å². The zero-order valence-corrected chi connectivity index (χ0v) is 17.9. The van der Waals surface area contributed by atoms with Crippen molar-refractivity contribution in [3.05, 3.63) is 22.4 Å². The molecular formula is C20H35N5O2S. The van der Waals surface area contributed by atoms with Crippen LogP contribution in [0.2, 0.25) is 0 Å². The van der Waals surface area contributed by atoms with Crippen LogP contribution in [0.1, 0.15) is 45.1 Å². The average Bonchev–Trinajstić information content (AvgIpc) is 3.22. The van der Waals surface area contributed by atoms with Crippen LogP contribution in [0.4, 0.5) is 0 Å². The molecule has 0 aromatic carbocycles. The minimum atomic E-state index is -0.959. The van der Waals surface area contributed by atoms with Gasteiger partial charge in [-0.2, -0.15) is 11.3 Å². The zero-order valence-electron chi connectivity index (χ0n) is 17.1. The number of nitrogens with zero attached hydrogens (tertiary/aromatic N) is 2. The largest absolute Gasteiger partial charge is 0.383 e. The first-order valence-corrected chi connectivity index (χ1v) is 11.2. The van der Waals surface area contributed by atoms with Crippen LogP contribution in [-0.2, 0) is 10.4 Å². The lowest BCUT2D eigenvalue weighted by Gasteiger charge is -2.30. The molecule has 1 aliphatic heterocycles. The van der Waals surface area contributed by atoms with Gasteiger partial charge in [0.05, 0.1) is 6.54 Å². The van der Waals surface area contributed by atoms with Crippen molar-refractivity contribution in [2.45, 2.75) is 45.1 Å². The van der Waals surface area contributed by atoms with Crippen molar-refractivity contribution in [3.8, 4) is 0 Å². The number of likely N-dealkylation sites (tertiary alicyclic amines) is 1. The number of carbonyl (C=O) groups excluding carboxylic acids is 1.